The van der Waals surface area contributed by atoms with Crippen LogP contribution >= 0.6 is 0 Å². The van der Waals surface area contributed by atoms with E-state index < -0.39 is 10.0 Å². The molecular weight excluding hydrogens is 254 g/mol. The maximum Gasteiger partial charge on any atom is 0.236 e. The smallest absolute Gasteiger partial charge is 0.236 e. The van der Waals surface area contributed by atoms with Crippen LogP contribution in [0.15, 0.2) is 18.5 Å². The van der Waals surface area contributed by atoms with Gasteiger partial charge in [0.2, 0.25) is 16.0 Å². The van der Waals surface area contributed by atoms with Gasteiger partial charge in [-0.15, -0.1) is 0 Å². The van der Waals surface area contributed by atoms with Gasteiger partial charge in [-0.05, 0) is 6.07 Å². The molecule has 0 atom stereocenters. The Hall–Kier alpha value is -1.25. The van der Waals surface area contributed by atoms with Crippen molar-refractivity contribution in [2.75, 3.05) is 43.2 Å². The van der Waals surface area contributed by atoms with Crippen molar-refractivity contribution in [3.8, 4) is 0 Å². The maximum absolute atomic E-state index is 11.8. The van der Waals surface area contributed by atoms with Crippen LogP contribution in [0, 0.1) is 0 Å². The van der Waals surface area contributed by atoms with Gasteiger partial charge in [-0.3, -0.25) is 9.62 Å². The minimum atomic E-state index is -3.37. The molecule has 1 aromatic rings. The SMILES string of the molecule is O=S(=O)(CCN1CCNCC1)Nc1ncccn1. The molecule has 18 heavy (non-hydrogen) atoms. The van der Waals surface area contributed by atoms with E-state index in [4.69, 9.17) is 0 Å². The van der Waals surface area contributed by atoms with Gasteiger partial charge in [0.1, 0.15) is 0 Å². The summed E-state index contributed by atoms with van der Waals surface area (Å²) in [6.07, 6.45) is 3.00. The van der Waals surface area contributed by atoms with Gasteiger partial charge in [0.15, 0.2) is 0 Å². The lowest BCUT2D eigenvalue weighted by Gasteiger charge is -2.26. The first-order valence-corrected chi connectivity index (χ1v) is 7.51. The van der Waals surface area contributed by atoms with Gasteiger partial charge in [0.25, 0.3) is 0 Å². The van der Waals surface area contributed by atoms with Gasteiger partial charge >= 0.3 is 0 Å². The minimum absolute atomic E-state index is 0.0608. The lowest BCUT2D eigenvalue weighted by atomic mass is 10.4. The Morgan fingerprint density at radius 2 is 1.94 bits per heavy atom. The standard InChI is InChI=1S/C10H17N5O2S/c16-18(17,14-10-12-2-1-3-13-10)9-8-15-6-4-11-5-7-15/h1-3,11H,4-9H2,(H,12,13,14). The second-order valence-corrected chi connectivity index (χ2v) is 5.93. The van der Waals surface area contributed by atoms with Gasteiger partial charge in [-0.1, -0.05) is 0 Å². The quantitative estimate of drug-likeness (QED) is 0.723. The number of sulfonamides is 1. The van der Waals surface area contributed by atoms with E-state index in [-0.39, 0.29) is 11.7 Å². The average molecular weight is 271 g/mol. The molecule has 2 rings (SSSR count). The van der Waals surface area contributed by atoms with Crippen LogP contribution in [0.1, 0.15) is 0 Å². The zero-order chi connectivity index (χ0) is 12.8. The highest BCUT2D eigenvalue weighted by Crippen LogP contribution is 2.01. The van der Waals surface area contributed by atoms with Crippen molar-refractivity contribution in [3.05, 3.63) is 18.5 Å². The highest BCUT2D eigenvalue weighted by molar-refractivity contribution is 7.92. The van der Waals surface area contributed by atoms with Gasteiger partial charge in [0.05, 0.1) is 5.75 Å². The first kappa shape index (κ1) is 13.2. The van der Waals surface area contributed by atoms with E-state index in [9.17, 15) is 8.42 Å². The van der Waals surface area contributed by atoms with Gasteiger partial charge < -0.3 is 5.32 Å². The summed E-state index contributed by atoms with van der Waals surface area (Å²) in [4.78, 5) is 9.79. The molecule has 0 saturated carbocycles. The molecule has 2 N–H and O–H groups in total. The summed E-state index contributed by atoms with van der Waals surface area (Å²) in [5, 5.41) is 3.22. The summed E-state index contributed by atoms with van der Waals surface area (Å²) in [6, 6.07) is 1.64. The zero-order valence-corrected chi connectivity index (χ0v) is 10.9. The fourth-order valence-corrected chi connectivity index (χ4v) is 2.71. The summed E-state index contributed by atoms with van der Waals surface area (Å²) < 4.78 is 26.0. The molecule has 1 saturated heterocycles. The van der Waals surface area contributed by atoms with E-state index in [0.717, 1.165) is 26.2 Å². The van der Waals surface area contributed by atoms with Crippen LogP contribution < -0.4 is 10.0 Å². The Kier molecular flexibility index (Phi) is 4.45. The molecule has 100 valence electrons. The number of nitrogens with zero attached hydrogens (tertiary/aromatic N) is 3. The van der Waals surface area contributed by atoms with E-state index >= 15 is 0 Å². The number of aromatic nitrogens is 2. The van der Waals surface area contributed by atoms with Crippen molar-refractivity contribution >= 4 is 16.0 Å². The molecule has 0 radical (unpaired) electrons. The second-order valence-electron chi connectivity index (χ2n) is 4.08. The lowest BCUT2D eigenvalue weighted by Crippen LogP contribution is -2.45. The molecule has 1 fully saturated rings. The highest BCUT2D eigenvalue weighted by Gasteiger charge is 2.16. The topological polar surface area (TPSA) is 87.2 Å². The van der Waals surface area contributed by atoms with Crippen molar-refractivity contribution in [1.82, 2.24) is 20.2 Å². The number of hydrogen-bond donors (Lipinski definition) is 2. The van der Waals surface area contributed by atoms with Crippen LogP contribution in [0.3, 0.4) is 0 Å². The molecular formula is C10H17N5O2S. The highest BCUT2D eigenvalue weighted by atomic mass is 32.2. The Labute approximate surface area is 107 Å². The fourth-order valence-electron chi connectivity index (χ4n) is 1.73. The van der Waals surface area contributed by atoms with Crippen molar-refractivity contribution in [2.24, 2.45) is 0 Å². The number of anilines is 1. The van der Waals surface area contributed by atoms with Crippen LogP contribution in [0.5, 0.6) is 0 Å². The molecule has 7 nitrogen and oxygen atoms in total. The van der Waals surface area contributed by atoms with Crippen LogP contribution in [-0.4, -0.2) is 61.8 Å². The third-order valence-electron chi connectivity index (χ3n) is 2.70. The predicted molar refractivity (Wildman–Crippen MR) is 68.8 cm³/mol. The molecule has 8 heteroatoms. The lowest BCUT2D eigenvalue weighted by molar-refractivity contribution is 0.254. The summed E-state index contributed by atoms with van der Waals surface area (Å²) in [5.41, 5.74) is 0. The van der Waals surface area contributed by atoms with Gasteiger partial charge in [-0.2, -0.15) is 0 Å². The molecule has 0 aromatic carbocycles. The van der Waals surface area contributed by atoms with E-state index in [1.165, 1.54) is 12.4 Å². The molecule has 1 aromatic heterocycles. The van der Waals surface area contributed by atoms with Crippen LogP contribution in [0.25, 0.3) is 0 Å². The fraction of sp³-hybridized carbons (Fsp3) is 0.600. The summed E-state index contributed by atoms with van der Waals surface area (Å²) in [7, 11) is -3.37. The Morgan fingerprint density at radius 3 is 2.61 bits per heavy atom. The largest absolute Gasteiger partial charge is 0.314 e. The molecule has 0 bridgehead atoms. The van der Waals surface area contributed by atoms with E-state index in [0.29, 0.717) is 6.54 Å². The van der Waals surface area contributed by atoms with Crippen LogP contribution in [0.4, 0.5) is 5.95 Å². The first-order valence-electron chi connectivity index (χ1n) is 5.86. The maximum atomic E-state index is 11.8. The predicted octanol–water partition coefficient (Wildman–Crippen LogP) is -0.876. The van der Waals surface area contributed by atoms with E-state index in [1.807, 2.05) is 0 Å². The molecule has 0 spiro atoms. The Bertz CT molecular complexity index is 458. The number of rotatable bonds is 5. The summed E-state index contributed by atoms with van der Waals surface area (Å²) in [6.45, 7) is 4.13. The first-order chi connectivity index (χ1) is 8.66. The van der Waals surface area contributed by atoms with Crippen LogP contribution in [0.2, 0.25) is 0 Å². The molecule has 1 aliphatic heterocycles. The molecule has 0 unspecified atom stereocenters. The summed E-state index contributed by atoms with van der Waals surface area (Å²) in [5.74, 6) is 0.184. The van der Waals surface area contributed by atoms with E-state index in [1.54, 1.807) is 6.07 Å². The van der Waals surface area contributed by atoms with Crippen molar-refractivity contribution in [2.45, 2.75) is 0 Å². The molecule has 0 amide bonds. The average Bonchev–Trinajstić information content (AvgIpc) is 2.38. The normalized spacial score (nSPS) is 17.6. The number of nitrogens with one attached hydrogen (secondary N) is 2. The third kappa shape index (κ3) is 4.21. The van der Waals surface area contributed by atoms with Crippen molar-refractivity contribution < 1.29 is 8.42 Å². The van der Waals surface area contributed by atoms with Gasteiger partial charge in [-0.25, -0.2) is 18.4 Å². The molecule has 0 aliphatic carbocycles. The van der Waals surface area contributed by atoms with E-state index in [2.05, 4.69) is 24.9 Å². The minimum Gasteiger partial charge on any atom is -0.314 e. The number of hydrogen-bond acceptors (Lipinski definition) is 6. The second kappa shape index (κ2) is 6.07. The zero-order valence-electron chi connectivity index (χ0n) is 10.0. The number of piperazine rings is 1. The molecule has 2 heterocycles. The van der Waals surface area contributed by atoms with Gasteiger partial charge in [0, 0.05) is 45.1 Å². The monoisotopic (exact) mass is 271 g/mol. The van der Waals surface area contributed by atoms with Crippen LogP contribution in [-0.2, 0) is 10.0 Å². The Morgan fingerprint density at radius 1 is 1.28 bits per heavy atom. The summed E-state index contributed by atoms with van der Waals surface area (Å²) >= 11 is 0. The Balaban J connectivity index is 1.83. The van der Waals surface area contributed by atoms with Crippen molar-refractivity contribution in [3.63, 3.8) is 0 Å². The third-order valence-corrected chi connectivity index (χ3v) is 3.91. The van der Waals surface area contributed by atoms with Crippen molar-refractivity contribution in [1.29, 1.82) is 0 Å². The molecule has 1 aliphatic rings.